The van der Waals surface area contributed by atoms with E-state index in [-0.39, 0.29) is 11.9 Å². The van der Waals surface area contributed by atoms with Crippen molar-refractivity contribution in [3.8, 4) is 0 Å². The number of hydrogen-bond acceptors (Lipinski definition) is 6. The Hall–Kier alpha value is -3.36. The van der Waals surface area contributed by atoms with E-state index < -0.39 is 0 Å². The van der Waals surface area contributed by atoms with Gasteiger partial charge in [0, 0.05) is 12.4 Å². The predicted octanol–water partition coefficient (Wildman–Crippen LogP) is 1.68. The molecule has 9 heteroatoms. The van der Waals surface area contributed by atoms with Gasteiger partial charge in [0.15, 0.2) is 17.1 Å². The third-order valence-corrected chi connectivity index (χ3v) is 4.12. The van der Waals surface area contributed by atoms with Crippen LogP contribution in [0, 0.1) is 5.92 Å². The van der Waals surface area contributed by atoms with Gasteiger partial charge in [-0.2, -0.15) is 4.52 Å². The quantitative estimate of drug-likeness (QED) is 0.587. The summed E-state index contributed by atoms with van der Waals surface area (Å²) in [5, 5.41) is 22.8. The highest BCUT2D eigenvalue weighted by Gasteiger charge is 2.22. The maximum absolute atomic E-state index is 12.8. The second kappa shape index (κ2) is 6.51. The van der Waals surface area contributed by atoms with Crippen LogP contribution in [-0.4, -0.2) is 40.5 Å². The summed E-state index contributed by atoms with van der Waals surface area (Å²) in [5.41, 5.74) is 1.82. The molecular weight excluding hydrogens is 332 g/mol. The summed E-state index contributed by atoms with van der Waals surface area (Å²) < 4.78 is 3.37. The van der Waals surface area contributed by atoms with E-state index in [4.69, 9.17) is 0 Å². The molecule has 26 heavy (non-hydrogen) atoms. The monoisotopic (exact) mass is 350 g/mol. The average Bonchev–Trinajstić information content (AvgIpc) is 3.26. The first-order valence-corrected chi connectivity index (χ1v) is 8.40. The van der Waals surface area contributed by atoms with Gasteiger partial charge in [-0.1, -0.05) is 19.9 Å². The molecule has 1 amide bonds. The number of tetrazole rings is 1. The van der Waals surface area contributed by atoms with Crippen LogP contribution in [0.5, 0.6) is 0 Å². The molecule has 1 atom stereocenters. The van der Waals surface area contributed by atoms with E-state index in [1.807, 2.05) is 28.8 Å². The molecule has 4 aromatic rings. The minimum Gasteiger partial charge on any atom is -0.342 e. The van der Waals surface area contributed by atoms with Gasteiger partial charge < -0.3 is 5.32 Å². The maximum atomic E-state index is 12.8. The highest BCUT2D eigenvalue weighted by molar-refractivity contribution is 5.94. The van der Waals surface area contributed by atoms with Crippen molar-refractivity contribution in [1.29, 1.82) is 0 Å². The van der Waals surface area contributed by atoms with Gasteiger partial charge >= 0.3 is 0 Å². The molecule has 0 saturated carbocycles. The van der Waals surface area contributed by atoms with Gasteiger partial charge in [0.05, 0.1) is 11.6 Å². The van der Waals surface area contributed by atoms with Gasteiger partial charge in [-0.05, 0) is 47.0 Å². The van der Waals surface area contributed by atoms with Crippen LogP contribution >= 0.6 is 0 Å². The van der Waals surface area contributed by atoms with Crippen LogP contribution in [0.25, 0.3) is 11.3 Å². The van der Waals surface area contributed by atoms with Gasteiger partial charge in [-0.15, -0.1) is 15.3 Å². The first kappa shape index (κ1) is 16.1. The number of aromatic nitrogens is 7. The van der Waals surface area contributed by atoms with E-state index in [0.717, 1.165) is 12.1 Å². The first-order chi connectivity index (χ1) is 12.6. The largest absolute Gasteiger partial charge is 0.342 e. The van der Waals surface area contributed by atoms with Crippen LogP contribution < -0.4 is 5.32 Å². The summed E-state index contributed by atoms with van der Waals surface area (Å²) in [6.45, 7) is 4.21. The molecule has 1 unspecified atom stereocenters. The molecule has 4 heterocycles. The Morgan fingerprint density at radius 1 is 1.12 bits per heavy atom. The van der Waals surface area contributed by atoms with Crippen LogP contribution in [0.3, 0.4) is 0 Å². The number of nitrogens with one attached hydrogen (secondary N) is 1. The minimum atomic E-state index is -0.260. The average molecular weight is 350 g/mol. The molecule has 0 aliphatic heterocycles. The molecule has 1 N–H and O–H groups in total. The van der Waals surface area contributed by atoms with Crippen LogP contribution in [0.2, 0.25) is 0 Å². The third-order valence-electron chi connectivity index (χ3n) is 4.12. The zero-order valence-electron chi connectivity index (χ0n) is 14.4. The molecule has 0 saturated heterocycles. The van der Waals surface area contributed by atoms with Crippen LogP contribution in [0.15, 0.2) is 42.7 Å². The molecule has 132 valence electrons. The molecule has 0 bridgehead atoms. The Morgan fingerprint density at radius 2 is 2.00 bits per heavy atom. The number of rotatable bonds is 5. The summed E-state index contributed by atoms with van der Waals surface area (Å²) in [4.78, 5) is 12.8. The third kappa shape index (κ3) is 2.99. The van der Waals surface area contributed by atoms with E-state index >= 15 is 0 Å². The van der Waals surface area contributed by atoms with Crippen molar-refractivity contribution in [1.82, 2.24) is 40.0 Å². The highest BCUT2D eigenvalue weighted by atomic mass is 16.1. The van der Waals surface area contributed by atoms with Crippen LogP contribution in [0.4, 0.5) is 0 Å². The summed E-state index contributed by atoms with van der Waals surface area (Å²) in [6.07, 6.45) is 4.25. The molecule has 9 nitrogen and oxygen atoms in total. The lowest BCUT2D eigenvalue weighted by molar-refractivity contribution is 0.0929. The summed E-state index contributed by atoms with van der Waals surface area (Å²) in [6, 6.07) is 8.86. The zero-order chi connectivity index (χ0) is 18.1. The number of carbonyl (C=O) groups is 1. The number of hydrogen-bond donors (Lipinski definition) is 1. The van der Waals surface area contributed by atoms with Gasteiger partial charge in [-0.3, -0.25) is 9.20 Å². The maximum Gasteiger partial charge on any atom is 0.253 e. The normalized spacial score (nSPS) is 12.7. The lowest BCUT2D eigenvalue weighted by atomic mass is 10.0. The van der Waals surface area contributed by atoms with E-state index in [2.05, 4.69) is 44.9 Å². The van der Waals surface area contributed by atoms with Gasteiger partial charge in [0.2, 0.25) is 0 Å². The lowest BCUT2D eigenvalue weighted by Gasteiger charge is -2.19. The second-order valence-corrected chi connectivity index (χ2v) is 6.54. The standard InChI is InChI=1S/C17H18N8O/c1-11(2)9-13(16-21-19-14-5-3-4-8-24(14)16)18-17(26)12-6-7-15-20-22-23-25(15)10-12/h3-8,10-11,13H,9H2,1-2H3,(H,18,26). The first-order valence-electron chi connectivity index (χ1n) is 8.40. The molecule has 0 aromatic carbocycles. The topological polar surface area (TPSA) is 102 Å². The summed E-state index contributed by atoms with van der Waals surface area (Å²) in [5.74, 6) is 0.880. The van der Waals surface area contributed by atoms with Crippen molar-refractivity contribution in [3.05, 3.63) is 54.1 Å². The molecule has 0 spiro atoms. The van der Waals surface area contributed by atoms with Crippen molar-refractivity contribution in [3.63, 3.8) is 0 Å². The Morgan fingerprint density at radius 3 is 2.85 bits per heavy atom. The van der Waals surface area contributed by atoms with Gasteiger partial charge in [0.25, 0.3) is 5.91 Å². The number of carbonyl (C=O) groups excluding carboxylic acids is 1. The molecule has 0 aliphatic rings. The fourth-order valence-corrected chi connectivity index (χ4v) is 2.91. The zero-order valence-corrected chi connectivity index (χ0v) is 14.4. The minimum absolute atomic E-state index is 0.208. The fourth-order valence-electron chi connectivity index (χ4n) is 2.91. The van der Waals surface area contributed by atoms with Crippen LogP contribution in [0.1, 0.15) is 42.5 Å². The number of fused-ring (bicyclic) bond motifs is 2. The molecular formula is C17H18N8O. The number of nitrogens with zero attached hydrogens (tertiary/aromatic N) is 7. The van der Waals surface area contributed by atoms with E-state index in [1.54, 1.807) is 18.3 Å². The van der Waals surface area contributed by atoms with E-state index in [1.165, 1.54) is 4.52 Å². The van der Waals surface area contributed by atoms with E-state index in [0.29, 0.717) is 23.0 Å². The fraction of sp³-hybridized carbons (Fsp3) is 0.294. The Balaban J connectivity index is 1.65. The van der Waals surface area contributed by atoms with Crippen molar-refractivity contribution in [2.45, 2.75) is 26.3 Å². The predicted molar refractivity (Wildman–Crippen MR) is 93.4 cm³/mol. The molecule has 4 rings (SSSR count). The Kier molecular flexibility index (Phi) is 4.04. The molecule has 4 aromatic heterocycles. The lowest BCUT2D eigenvalue weighted by Crippen LogP contribution is -2.31. The SMILES string of the molecule is CC(C)CC(NC(=O)c1ccc2nnnn2c1)c1nnc2ccccn12. The second-order valence-electron chi connectivity index (χ2n) is 6.54. The number of pyridine rings is 2. The Labute approximate surface area is 149 Å². The smallest absolute Gasteiger partial charge is 0.253 e. The van der Waals surface area contributed by atoms with Gasteiger partial charge in [0.1, 0.15) is 0 Å². The highest BCUT2D eigenvalue weighted by Crippen LogP contribution is 2.21. The van der Waals surface area contributed by atoms with Crippen molar-refractivity contribution in [2.75, 3.05) is 0 Å². The summed E-state index contributed by atoms with van der Waals surface area (Å²) in [7, 11) is 0. The van der Waals surface area contributed by atoms with E-state index in [9.17, 15) is 4.79 Å². The number of amides is 1. The Bertz CT molecular complexity index is 1070. The van der Waals surface area contributed by atoms with Crippen molar-refractivity contribution in [2.24, 2.45) is 5.92 Å². The van der Waals surface area contributed by atoms with Crippen molar-refractivity contribution < 1.29 is 4.79 Å². The molecule has 0 aliphatic carbocycles. The van der Waals surface area contributed by atoms with Gasteiger partial charge in [-0.25, -0.2) is 0 Å². The van der Waals surface area contributed by atoms with Crippen molar-refractivity contribution >= 4 is 17.2 Å². The summed E-state index contributed by atoms with van der Waals surface area (Å²) >= 11 is 0. The van der Waals surface area contributed by atoms with Crippen LogP contribution in [-0.2, 0) is 0 Å². The molecule has 0 fully saturated rings. The molecule has 0 radical (unpaired) electrons.